The normalized spacial score (nSPS) is 16.1. The smallest absolute Gasteiger partial charge is 0.337 e. The summed E-state index contributed by atoms with van der Waals surface area (Å²) in [4.78, 5) is 39.0. The topological polar surface area (TPSA) is 101 Å². The number of carbonyl (C=O) groups excluding carboxylic acids is 3. The molecule has 8 nitrogen and oxygen atoms in total. The first-order valence-electron chi connectivity index (χ1n) is 10.6. The number of esters is 1. The number of nitrogens with zero attached hydrogens (tertiary/aromatic N) is 2. The number of hydrogen-bond donors (Lipinski definition) is 0. The molecule has 10 heteroatoms. The molecule has 0 radical (unpaired) electrons. The van der Waals surface area contributed by atoms with Gasteiger partial charge < -0.3 is 4.74 Å². The third-order valence-electron chi connectivity index (χ3n) is 5.65. The highest BCUT2D eigenvalue weighted by Crippen LogP contribution is 2.32. The van der Waals surface area contributed by atoms with E-state index in [9.17, 15) is 22.8 Å². The zero-order valence-corrected chi connectivity index (χ0v) is 20.2. The molecule has 1 atom stereocenters. The second-order valence-electron chi connectivity index (χ2n) is 7.78. The molecule has 180 valence electrons. The second kappa shape index (κ2) is 9.99. The van der Waals surface area contributed by atoms with Crippen LogP contribution in [0.5, 0.6) is 0 Å². The van der Waals surface area contributed by atoms with E-state index in [1.807, 2.05) is 0 Å². The summed E-state index contributed by atoms with van der Waals surface area (Å²) in [5, 5.41) is 0.341. The summed E-state index contributed by atoms with van der Waals surface area (Å²) in [6, 6.07) is 18.9. The molecule has 0 aliphatic carbocycles. The van der Waals surface area contributed by atoms with Crippen LogP contribution in [0.2, 0.25) is 5.02 Å². The SMILES string of the molecule is COC(=O)c1ccc(N2C(=O)CC(N(Cc3ccccc3Cl)S(=O)(=O)c3ccccc3)C2=O)cc1. The lowest BCUT2D eigenvalue weighted by atomic mass is 10.2. The lowest BCUT2D eigenvalue weighted by molar-refractivity contribution is -0.122. The molecule has 0 N–H and O–H groups in total. The molecular formula is C25H21ClN2O6S. The van der Waals surface area contributed by atoms with Gasteiger partial charge in [-0.15, -0.1) is 0 Å². The van der Waals surface area contributed by atoms with Crippen LogP contribution in [0.4, 0.5) is 5.69 Å². The Morgan fingerprint density at radius 2 is 1.63 bits per heavy atom. The van der Waals surface area contributed by atoms with Gasteiger partial charge in [0.05, 0.1) is 29.7 Å². The van der Waals surface area contributed by atoms with Crippen molar-refractivity contribution in [1.29, 1.82) is 0 Å². The highest BCUT2D eigenvalue weighted by molar-refractivity contribution is 7.89. The number of benzene rings is 3. The van der Waals surface area contributed by atoms with E-state index in [-0.39, 0.29) is 29.1 Å². The van der Waals surface area contributed by atoms with Crippen molar-refractivity contribution in [2.24, 2.45) is 0 Å². The molecule has 1 fully saturated rings. The second-order valence-corrected chi connectivity index (χ2v) is 10.1. The molecule has 1 aliphatic rings. The van der Waals surface area contributed by atoms with E-state index in [0.29, 0.717) is 10.6 Å². The molecule has 4 rings (SSSR count). The van der Waals surface area contributed by atoms with Gasteiger partial charge in [0.25, 0.3) is 5.91 Å². The minimum Gasteiger partial charge on any atom is -0.465 e. The van der Waals surface area contributed by atoms with Gasteiger partial charge in [-0.1, -0.05) is 48.0 Å². The number of imide groups is 1. The maximum atomic E-state index is 13.6. The van der Waals surface area contributed by atoms with Crippen LogP contribution in [0, 0.1) is 0 Å². The summed E-state index contributed by atoms with van der Waals surface area (Å²) in [7, 11) is -2.92. The molecule has 0 spiro atoms. The molecule has 1 saturated heterocycles. The summed E-state index contributed by atoms with van der Waals surface area (Å²) in [5.41, 5.74) is 0.971. The Morgan fingerprint density at radius 3 is 2.26 bits per heavy atom. The zero-order chi connectivity index (χ0) is 25.2. The summed E-state index contributed by atoms with van der Waals surface area (Å²) < 4.78 is 33.0. The predicted molar refractivity (Wildman–Crippen MR) is 129 cm³/mol. The monoisotopic (exact) mass is 512 g/mol. The molecule has 1 unspecified atom stereocenters. The Balaban J connectivity index is 1.72. The third kappa shape index (κ3) is 4.84. The minimum absolute atomic E-state index is 0.00631. The average molecular weight is 513 g/mol. The van der Waals surface area contributed by atoms with Crippen LogP contribution < -0.4 is 4.90 Å². The quantitative estimate of drug-likeness (QED) is 0.354. The molecule has 3 aromatic rings. The number of hydrogen-bond acceptors (Lipinski definition) is 6. The van der Waals surface area contributed by atoms with E-state index in [4.69, 9.17) is 11.6 Å². The van der Waals surface area contributed by atoms with E-state index in [2.05, 4.69) is 4.74 Å². The highest BCUT2D eigenvalue weighted by Gasteiger charge is 2.47. The third-order valence-corrected chi connectivity index (χ3v) is 7.89. The van der Waals surface area contributed by atoms with Gasteiger partial charge in [-0.2, -0.15) is 4.31 Å². The van der Waals surface area contributed by atoms with E-state index in [1.165, 1.54) is 43.5 Å². The average Bonchev–Trinajstić information content (AvgIpc) is 3.16. The number of halogens is 1. The van der Waals surface area contributed by atoms with Crippen LogP contribution in [-0.2, 0) is 30.9 Å². The largest absolute Gasteiger partial charge is 0.465 e. The van der Waals surface area contributed by atoms with E-state index < -0.39 is 33.8 Å². The number of sulfonamides is 1. The summed E-state index contributed by atoms with van der Waals surface area (Å²) in [5.74, 6) is -1.81. The standard InChI is InChI=1S/C25H21ClN2O6S/c1-34-25(31)17-11-13-19(14-12-17)28-23(29)15-22(24(28)30)27(16-18-7-5-6-10-21(18)26)35(32,33)20-8-3-2-4-9-20/h2-14,22H,15-16H2,1H3. The molecule has 35 heavy (non-hydrogen) atoms. The van der Waals surface area contributed by atoms with Gasteiger partial charge in [0, 0.05) is 11.6 Å². The minimum atomic E-state index is -4.17. The van der Waals surface area contributed by atoms with Crippen molar-refractivity contribution in [2.75, 3.05) is 12.0 Å². The maximum Gasteiger partial charge on any atom is 0.337 e. The Bertz CT molecular complexity index is 1380. The molecule has 1 heterocycles. The molecule has 0 aromatic heterocycles. The van der Waals surface area contributed by atoms with Crippen molar-refractivity contribution in [2.45, 2.75) is 23.9 Å². The van der Waals surface area contributed by atoms with E-state index in [1.54, 1.807) is 42.5 Å². The van der Waals surface area contributed by atoms with Crippen molar-refractivity contribution in [3.05, 3.63) is 95.0 Å². The predicted octanol–water partition coefficient (Wildman–Crippen LogP) is 3.65. The van der Waals surface area contributed by atoms with Gasteiger partial charge in [-0.3, -0.25) is 9.59 Å². The van der Waals surface area contributed by atoms with E-state index >= 15 is 0 Å². The fraction of sp³-hybridized carbons (Fsp3) is 0.160. The first kappa shape index (κ1) is 24.6. The molecular weight excluding hydrogens is 492 g/mol. The van der Waals surface area contributed by atoms with Crippen molar-refractivity contribution >= 4 is 45.1 Å². The van der Waals surface area contributed by atoms with Gasteiger partial charge in [0.2, 0.25) is 15.9 Å². The first-order chi connectivity index (χ1) is 16.7. The van der Waals surface area contributed by atoms with Crippen LogP contribution in [0.3, 0.4) is 0 Å². The van der Waals surface area contributed by atoms with Crippen molar-refractivity contribution in [3.8, 4) is 0 Å². The van der Waals surface area contributed by atoms with E-state index in [0.717, 1.165) is 9.21 Å². The summed E-state index contributed by atoms with van der Waals surface area (Å²) in [6.07, 6.45) is -0.339. The lowest BCUT2D eigenvalue weighted by Crippen LogP contribution is -2.45. The number of carbonyl (C=O) groups is 3. The number of anilines is 1. The van der Waals surface area contributed by atoms with Crippen LogP contribution >= 0.6 is 11.6 Å². The molecule has 1 aliphatic heterocycles. The van der Waals surface area contributed by atoms with Crippen molar-refractivity contribution in [3.63, 3.8) is 0 Å². The van der Waals surface area contributed by atoms with Gasteiger partial charge in [-0.25, -0.2) is 18.1 Å². The number of methoxy groups -OCH3 is 1. The van der Waals surface area contributed by atoms with Gasteiger partial charge in [0.1, 0.15) is 6.04 Å². The molecule has 0 bridgehead atoms. The van der Waals surface area contributed by atoms with Crippen LogP contribution in [0.25, 0.3) is 0 Å². The van der Waals surface area contributed by atoms with Crippen LogP contribution in [-0.4, -0.2) is 43.7 Å². The number of ether oxygens (including phenoxy) is 1. The molecule has 0 saturated carbocycles. The highest BCUT2D eigenvalue weighted by atomic mass is 35.5. The number of rotatable bonds is 7. The van der Waals surface area contributed by atoms with Gasteiger partial charge in [0.15, 0.2) is 0 Å². The Kier molecular flexibility index (Phi) is 7.02. The number of amides is 2. The Labute approximate surface area is 207 Å². The van der Waals surface area contributed by atoms with Crippen LogP contribution in [0.1, 0.15) is 22.3 Å². The molecule has 3 aromatic carbocycles. The fourth-order valence-corrected chi connectivity index (χ4v) is 5.64. The lowest BCUT2D eigenvalue weighted by Gasteiger charge is -2.27. The molecule has 2 amide bonds. The van der Waals surface area contributed by atoms with Crippen LogP contribution in [0.15, 0.2) is 83.8 Å². The van der Waals surface area contributed by atoms with Gasteiger partial charge in [-0.05, 0) is 48.0 Å². The summed E-state index contributed by atoms with van der Waals surface area (Å²) in [6.45, 7) is -0.199. The first-order valence-corrected chi connectivity index (χ1v) is 12.4. The Hall–Kier alpha value is -3.53. The zero-order valence-electron chi connectivity index (χ0n) is 18.6. The maximum absolute atomic E-state index is 13.6. The van der Waals surface area contributed by atoms with Crippen molar-refractivity contribution in [1.82, 2.24) is 4.31 Å². The fourth-order valence-electron chi connectivity index (χ4n) is 3.86. The van der Waals surface area contributed by atoms with Gasteiger partial charge >= 0.3 is 5.97 Å². The summed E-state index contributed by atoms with van der Waals surface area (Å²) >= 11 is 6.29. The Morgan fingerprint density at radius 1 is 1.00 bits per heavy atom. The van der Waals surface area contributed by atoms with Crippen molar-refractivity contribution < 1.29 is 27.5 Å².